The van der Waals surface area contributed by atoms with Crippen LogP contribution in [0.1, 0.15) is 44.0 Å². The fourth-order valence-corrected chi connectivity index (χ4v) is 3.25. The molecular weight excluding hydrogens is 479 g/mol. The van der Waals surface area contributed by atoms with Gasteiger partial charge in [0.15, 0.2) is 11.8 Å². The zero-order valence-corrected chi connectivity index (χ0v) is 20.0. The number of halogens is 1. The maximum Gasteiger partial charge on any atom is 0.228 e. The summed E-state index contributed by atoms with van der Waals surface area (Å²) < 4.78 is 5.31. The van der Waals surface area contributed by atoms with Crippen molar-refractivity contribution in [3.8, 4) is 0 Å². The molecule has 2 heterocycles. The number of benzene rings is 1. The van der Waals surface area contributed by atoms with Gasteiger partial charge in [-0.1, -0.05) is 49.3 Å². The minimum Gasteiger partial charge on any atom is -0.357 e. The monoisotopic (exact) mass is 512 g/mol. The van der Waals surface area contributed by atoms with Crippen LogP contribution in [0, 0.1) is 0 Å². The molecule has 0 radical (unpaired) electrons. The molecule has 3 rings (SSSR count). The average Bonchev–Trinajstić information content (AvgIpc) is 3.18. The van der Waals surface area contributed by atoms with E-state index in [9.17, 15) is 0 Å². The third-order valence-corrected chi connectivity index (χ3v) is 4.84. The van der Waals surface area contributed by atoms with Crippen LogP contribution in [0.15, 0.2) is 39.8 Å². The fourth-order valence-electron chi connectivity index (χ4n) is 3.25. The van der Waals surface area contributed by atoms with E-state index in [0.717, 1.165) is 51.1 Å². The van der Waals surface area contributed by atoms with Crippen molar-refractivity contribution in [3.63, 3.8) is 0 Å². The zero-order chi connectivity index (χ0) is 19.8. The molecule has 2 aromatic rings. The second-order valence-corrected chi connectivity index (χ2v) is 7.44. The second kappa shape index (κ2) is 12.1. The molecule has 0 amide bonds. The maximum atomic E-state index is 5.31. The van der Waals surface area contributed by atoms with E-state index in [2.05, 4.69) is 76.4 Å². The van der Waals surface area contributed by atoms with Crippen molar-refractivity contribution in [2.45, 2.75) is 39.7 Å². The molecule has 160 valence electrons. The van der Waals surface area contributed by atoms with Gasteiger partial charge >= 0.3 is 0 Å². The third kappa shape index (κ3) is 7.26. The van der Waals surface area contributed by atoms with E-state index in [1.165, 1.54) is 5.56 Å². The largest absolute Gasteiger partial charge is 0.357 e. The number of aliphatic imine (C=N–C) groups is 1. The Morgan fingerprint density at radius 1 is 1.17 bits per heavy atom. The SMILES string of the molecule is CCNC(=NCCc1nc(C(C)C)no1)N1CCN(Cc2ccccc2)CC1.I. The van der Waals surface area contributed by atoms with Crippen LogP contribution in [0.4, 0.5) is 0 Å². The van der Waals surface area contributed by atoms with Crippen molar-refractivity contribution in [2.24, 2.45) is 4.99 Å². The highest BCUT2D eigenvalue weighted by molar-refractivity contribution is 14.0. The normalized spacial score (nSPS) is 15.4. The summed E-state index contributed by atoms with van der Waals surface area (Å²) in [5.74, 6) is 2.69. The van der Waals surface area contributed by atoms with Gasteiger partial charge < -0.3 is 14.7 Å². The van der Waals surface area contributed by atoms with Gasteiger partial charge in [0.25, 0.3) is 0 Å². The summed E-state index contributed by atoms with van der Waals surface area (Å²) in [6.45, 7) is 12.8. The summed E-state index contributed by atoms with van der Waals surface area (Å²) >= 11 is 0. The third-order valence-electron chi connectivity index (χ3n) is 4.84. The summed E-state index contributed by atoms with van der Waals surface area (Å²) in [4.78, 5) is 14.1. The predicted molar refractivity (Wildman–Crippen MR) is 127 cm³/mol. The highest BCUT2D eigenvalue weighted by atomic mass is 127. The standard InChI is InChI=1S/C21H32N6O.HI/c1-4-22-21(23-11-10-19-24-20(17(2)3)25-28-19)27-14-12-26(13-15-27)16-18-8-6-5-7-9-18;/h5-9,17H,4,10-16H2,1-3H3,(H,22,23);1H. The smallest absolute Gasteiger partial charge is 0.228 e. The Kier molecular flexibility index (Phi) is 9.86. The molecule has 0 aliphatic carbocycles. The van der Waals surface area contributed by atoms with Gasteiger partial charge in [0.2, 0.25) is 5.89 Å². The highest BCUT2D eigenvalue weighted by Crippen LogP contribution is 2.11. The number of hydrogen-bond donors (Lipinski definition) is 1. The number of rotatable bonds is 7. The van der Waals surface area contributed by atoms with E-state index in [-0.39, 0.29) is 29.9 Å². The van der Waals surface area contributed by atoms with Gasteiger partial charge in [0.1, 0.15) is 0 Å². The summed E-state index contributed by atoms with van der Waals surface area (Å²) in [6.07, 6.45) is 0.669. The van der Waals surface area contributed by atoms with E-state index in [1.54, 1.807) is 0 Å². The topological polar surface area (TPSA) is 69.8 Å². The van der Waals surface area contributed by atoms with Crippen molar-refractivity contribution in [2.75, 3.05) is 39.3 Å². The van der Waals surface area contributed by atoms with E-state index in [1.807, 2.05) is 0 Å². The number of guanidine groups is 1. The Labute approximate surface area is 191 Å². The minimum absolute atomic E-state index is 0. The van der Waals surface area contributed by atoms with Crippen LogP contribution in [0.3, 0.4) is 0 Å². The molecule has 1 aromatic carbocycles. The molecule has 7 nitrogen and oxygen atoms in total. The fraction of sp³-hybridized carbons (Fsp3) is 0.571. The molecule has 1 N–H and O–H groups in total. The summed E-state index contributed by atoms with van der Waals surface area (Å²) in [7, 11) is 0. The average molecular weight is 512 g/mol. The molecular formula is C21H33IN6O. The van der Waals surface area contributed by atoms with Gasteiger partial charge in [0.05, 0.1) is 6.54 Å². The van der Waals surface area contributed by atoms with Gasteiger partial charge in [-0.25, -0.2) is 0 Å². The number of nitrogens with one attached hydrogen (secondary N) is 1. The van der Waals surface area contributed by atoms with Gasteiger partial charge in [-0.05, 0) is 12.5 Å². The lowest BCUT2D eigenvalue weighted by molar-refractivity contribution is 0.172. The second-order valence-electron chi connectivity index (χ2n) is 7.44. The van der Waals surface area contributed by atoms with Crippen molar-refractivity contribution < 1.29 is 4.52 Å². The first kappa shape index (κ1) is 23.6. The van der Waals surface area contributed by atoms with E-state index in [0.29, 0.717) is 18.9 Å². The summed E-state index contributed by atoms with van der Waals surface area (Å²) in [6, 6.07) is 10.7. The quantitative estimate of drug-likeness (QED) is 0.349. The lowest BCUT2D eigenvalue weighted by Gasteiger charge is -2.36. The van der Waals surface area contributed by atoms with Crippen LogP contribution in [0.5, 0.6) is 0 Å². The van der Waals surface area contributed by atoms with Crippen molar-refractivity contribution >= 4 is 29.9 Å². The molecule has 0 atom stereocenters. The first-order valence-electron chi connectivity index (χ1n) is 10.3. The predicted octanol–water partition coefficient (Wildman–Crippen LogP) is 3.14. The van der Waals surface area contributed by atoms with Crippen molar-refractivity contribution in [1.82, 2.24) is 25.3 Å². The number of nitrogens with zero attached hydrogens (tertiary/aromatic N) is 5. The summed E-state index contributed by atoms with van der Waals surface area (Å²) in [5.41, 5.74) is 1.37. The van der Waals surface area contributed by atoms with Crippen LogP contribution in [0.25, 0.3) is 0 Å². The number of piperazine rings is 1. The van der Waals surface area contributed by atoms with E-state index >= 15 is 0 Å². The molecule has 1 aliphatic rings. The van der Waals surface area contributed by atoms with Crippen LogP contribution >= 0.6 is 24.0 Å². The zero-order valence-electron chi connectivity index (χ0n) is 17.7. The first-order chi connectivity index (χ1) is 13.7. The lowest BCUT2D eigenvalue weighted by Crippen LogP contribution is -2.52. The molecule has 1 aliphatic heterocycles. The Balaban J connectivity index is 0.00000300. The van der Waals surface area contributed by atoms with E-state index < -0.39 is 0 Å². The summed E-state index contributed by atoms with van der Waals surface area (Å²) in [5, 5.41) is 7.43. The van der Waals surface area contributed by atoms with Gasteiger partial charge in [0, 0.05) is 51.6 Å². The molecule has 0 bridgehead atoms. The molecule has 0 saturated carbocycles. The van der Waals surface area contributed by atoms with Crippen molar-refractivity contribution in [3.05, 3.63) is 47.6 Å². The van der Waals surface area contributed by atoms with Gasteiger partial charge in [-0.2, -0.15) is 4.98 Å². The Morgan fingerprint density at radius 2 is 1.90 bits per heavy atom. The molecule has 1 aromatic heterocycles. The molecule has 0 spiro atoms. The molecule has 29 heavy (non-hydrogen) atoms. The molecule has 1 saturated heterocycles. The molecule has 8 heteroatoms. The van der Waals surface area contributed by atoms with Gasteiger partial charge in [-0.3, -0.25) is 9.89 Å². The lowest BCUT2D eigenvalue weighted by atomic mass is 10.2. The van der Waals surface area contributed by atoms with Crippen LogP contribution in [-0.2, 0) is 13.0 Å². The van der Waals surface area contributed by atoms with Crippen molar-refractivity contribution in [1.29, 1.82) is 0 Å². The van der Waals surface area contributed by atoms with Gasteiger partial charge in [-0.15, -0.1) is 24.0 Å². The Morgan fingerprint density at radius 3 is 2.52 bits per heavy atom. The van der Waals surface area contributed by atoms with Crippen LogP contribution in [0.2, 0.25) is 0 Å². The van der Waals surface area contributed by atoms with Crippen LogP contribution in [-0.4, -0.2) is 65.2 Å². The van der Waals surface area contributed by atoms with E-state index in [4.69, 9.17) is 9.52 Å². The molecule has 1 fully saturated rings. The molecule has 0 unspecified atom stereocenters. The Hall–Kier alpha value is -1.68. The first-order valence-corrected chi connectivity index (χ1v) is 10.3. The van der Waals surface area contributed by atoms with Crippen LogP contribution < -0.4 is 5.32 Å². The highest BCUT2D eigenvalue weighted by Gasteiger charge is 2.19. The number of hydrogen-bond acceptors (Lipinski definition) is 5. The minimum atomic E-state index is 0. The Bertz CT molecular complexity index is 741. The maximum absolute atomic E-state index is 5.31. The number of aromatic nitrogens is 2.